The van der Waals surface area contributed by atoms with E-state index in [9.17, 15) is 4.79 Å². The van der Waals surface area contributed by atoms with Gasteiger partial charge in [-0.15, -0.1) is 0 Å². The van der Waals surface area contributed by atoms with E-state index >= 15 is 0 Å². The minimum absolute atomic E-state index is 0.0914. The zero-order valence-corrected chi connectivity index (χ0v) is 10.2. The number of benzene rings is 2. The number of nitrogens with two attached hydrogens (primary N) is 1. The summed E-state index contributed by atoms with van der Waals surface area (Å²) >= 11 is 0. The molecule has 2 aromatic carbocycles. The maximum Gasteiger partial charge on any atom is 0.221 e. The van der Waals surface area contributed by atoms with Gasteiger partial charge in [-0.3, -0.25) is 4.79 Å². The van der Waals surface area contributed by atoms with Crippen LogP contribution in [0.25, 0.3) is 11.1 Å². The van der Waals surface area contributed by atoms with Gasteiger partial charge >= 0.3 is 0 Å². The number of nitrogens with one attached hydrogen (secondary N) is 1. The summed E-state index contributed by atoms with van der Waals surface area (Å²) in [6.07, 6.45) is 0. The molecule has 0 aliphatic heterocycles. The monoisotopic (exact) mass is 239 g/mol. The number of amides is 1. The van der Waals surface area contributed by atoms with Crippen molar-refractivity contribution in [1.29, 1.82) is 0 Å². The number of anilines is 1. The van der Waals surface area contributed by atoms with Crippen molar-refractivity contribution in [2.75, 3.05) is 5.32 Å². The largest absolute Gasteiger partial charge is 0.326 e. The molecule has 0 aliphatic rings. The molecule has 3 nitrogen and oxygen atoms in total. The maximum absolute atomic E-state index is 10.9. The molecule has 18 heavy (non-hydrogen) atoms. The Morgan fingerprint density at radius 1 is 1.17 bits per heavy atom. The Balaban J connectivity index is 2.20. The van der Waals surface area contributed by atoms with Crippen LogP contribution in [0.2, 0.25) is 0 Å². The van der Waals surface area contributed by atoms with Crippen LogP contribution >= 0.6 is 0 Å². The normalized spacial score (nSPS) is 10.1. The van der Waals surface area contributed by atoms with Gasteiger partial charge in [0, 0.05) is 25.2 Å². The fraction of sp³-hybridized carbons (Fsp3) is 0.133. The Morgan fingerprint density at radius 3 is 2.33 bits per heavy atom. The molecule has 0 atom stereocenters. The molecule has 0 heterocycles. The van der Waals surface area contributed by atoms with Crippen LogP contribution in [0, 0.1) is 6.07 Å². The van der Waals surface area contributed by atoms with Crippen LogP contribution in [0.3, 0.4) is 0 Å². The van der Waals surface area contributed by atoms with Gasteiger partial charge < -0.3 is 11.1 Å². The molecule has 0 bridgehead atoms. The molecule has 0 spiro atoms. The first-order chi connectivity index (χ1) is 8.69. The molecule has 1 amide bonds. The van der Waals surface area contributed by atoms with E-state index in [-0.39, 0.29) is 5.91 Å². The Morgan fingerprint density at radius 2 is 1.83 bits per heavy atom. The first kappa shape index (κ1) is 12.3. The van der Waals surface area contributed by atoms with Crippen LogP contribution in [-0.4, -0.2) is 5.91 Å². The summed E-state index contributed by atoms with van der Waals surface area (Å²) < 4.78 is 0. The van der Waals surface area contributed by atoms with Gasteiger partial charge in [0.15, 0.2) is 0 Å². The second-order valence-corrected chi connectivity index (χ2v) is 4.07. The Bertz CT molecular complexity index is 529. The summed E-state index contributed by atoms with van der Waals surface area (Å²) in [6, 6.07) is 16.8. The van der Waals surface area contributed by atoms with E-state index in [1.807, 2.05) is 42.5 Å². The van der Waals surface area contributed by atoms with Crippen LogP contribution < -0.4 is 11.1 Å². The molecular formula is C15H15N2O. The molecule has 2 aromatic rings. The summed E-state index contributed by atoms with van der Waals surface area (Å²) in [5.74, 6) is -0.0914. The van der Waals surface area contributed by atoms with Crippen molar-refractivity contribution in [3.8, 4) is 11.1 Å². The minimum Gasteiger partial charge on any atom is -0.326 e. The van der Waals surface area contributed by atoms with Crippen molar-refractivity contribution in [3.05, 3.63) is 54.1 Å². The maximum atomic E-state index is 10.9. The van der Waals surface area contributed by atoms with Crippen molar-refractivity contribution in [2.45, 2.75) is 13.5 Å². The highest BCUT2D eigenvalue weighted by Crippen LogP contribution is 2.21. The fourth-order valence-electron chi connectivity index (χ4n) is 1.71. The fourth-order valence-corrected chi connectivity index (χ4v) is 1.71. The van der Waals surface area contributed by atoms with Gasteiger partial charge in [-0.1, -0.05) is 30.3 Å². The number of carbonyl (C=O) groups excluding carboxylic acids is 1. The standard InChI is InChI=1S/C15H15N2O/c1-11(18)17-15-8-6-14(7-9-15)13-4-2-12(10-16)3-5-13/h2-8H,10,16H2,1H3,(H,17,18). The van der Waals surface area contributed by atoms with E-state index in [1.165, 1.54) is 6.92 Å². The first-order valence-corrected chi connectivity index (χ1v) is 5.78. The average molecular weight is 239 g/mol. The van der Waals surface area contributed by atoms with Crippen molar-refractivity contribution in [1.82, 2.24) is 0 Å². The van der Waals surface area contributed by atoms with Crippen molar-refractivity contribution in [3.63, 3.8) is 0 Å². The Hall–Kier alpha value is -2.13. The number of hydrogen-bond acceptors (Lipinski definition) is 2. The van der Waals surface area contributed by atoms with Crippen LogP contribution in [0.5, 0.6) is 0 Å². The lowest BCUT2D eigenvalue weighted by Crippen LogP contribution is -2.05. The van der Waals surface area contributed by atoms with Gasteiger partial charge in [0.1, 0.15) is 0 Å². The molecule has 0 saturated heterocycles. The van der Waals surface area contributed by atoms with Gasteiger partial charge in [0.05, 0.1) is 0 Å². The van der Waals surface area contributed by atoms with Crippen LogP contribution in [-0.2, 0) is 11.3 Å². The third-order valence-electron chi connectivity index (χ3n) is 2.65. The van der Waals surface area contributed by atoms with Gasteiger partial charge in [-0.2, -0.15) is 0 Å². The van der Waals surface area contributed by atoms with E-state index < -0.39 is 0 Å². The van der Waals surface area contributed by atoms with E-state index in [1.54, 1.807) is 0 Å². The predicted octanol–water partition coefficient (Wildman–Crippen LogP) is 2.57. The summed E-state index contributed by atoms with van der Waals surface area (Å²) in [5, 5.41) is 2.69. The van der Waals surface area contributed by atoms with Gasteiger partial charge in [0.25, 0.3) is 0 Å². The summed E-state index contributed by atoms with van der Waals surface area (Å²) in [7, 11) is 0. The Labute approximate surface area is 107 Å². The third kappa shape index (κ3) is 2.96. The van der Waals surface area contributed by atoms with E-state index in [0.717, 1.165) is 16.7 Å². The van der Waals surface area contributed by atoms with E-state index in [4.69, 9.17) is 5.73 Å². The smallest absolute Gasteiger partial charge is 0.221 e. The lowest BCUT2D eigenvalue weighted by atomic mass is 10.0. The molecule has 3 heteroatoms. The SMILES string of the molecule is CC(=O)Nc1[c]cc(-c2ccc(CN)cc2)cc1. The highest BCUT2D eigenvalue weighted by molar-refractivity contribution is 5.88. The van der Waals surface area contributed by atoms with Gasteiger partial charge in [-0.25, -0.2) is 0 Å². The van der Waals surface area contributed by atoms with Gasteiger partial charge in [-0.05, 0) is 28.8 Å². The van der Waals surface area contributed by atoms with E-state index in [2.05, 4.69) is 11.4 Å². The van der Waals surface area contributed by atoms with Crippen LogP contribution in [0.15, 0.2) is 42.5 Å². The molecular weight excluding hydrogens is 224 g/mol. The molecule has 0 unspecified atom stereocenters. The molecule has 0 fully saturated rings. The average Bonchev–Trinajstić information content (AvgIpc) is 2.39. The van der Waals surface area contributed by atoms with Crippen LogP contribution in [0.1, 0.15) is 12.5 Å². The highest BCUT2D eigenvalue weighted by Gasteiger charge is 1.99. The van der Waals surface area contributed by atoms with Gasteiger partial charge in [0.2, 0.25) is 5.91 Å². The summed E-state index contributed by atoms with van der Waals surface area (Å²) in [5.41, 5.74) is 9.52. The lowest BCUT2D eigenvalue weighted by Gasteiger charge is -2.05. The quantitative estimate of drug-likeness (QED) is 0.865. The molecule has 3 N–H and O–H groups in total. The molecule has 0 saturated carbocycles. The summed E-state index contributed by atoms with van der Waals surface area (Å²) in [6.45, 7) is 2.03. The second-order valence-electron chi connectivity index (χ2n) is 4.07. The number of hydrogen-bond donors (Lipinski definition) is 2. The molecule has 2 rings (SSSR count). The molecule has 1 radical (unpaired) electrons. The minimum atomic E-state index is -0.0914. The van der Waals surface area contributed by atoms with Crippen molar-refractivity contribution < 1.29 is 4.79 Å². The third-order valence-corrected chi connectivity index (χ3v) is 2.65. The van der Waals surface area contributed by atoms with Crippen molar-refractivity contribution >= 4 is 11.6 Å². The molecule has 91 valence electrons. The molecule has 0 aromatic heterocycles. The second kappa shape index (κ2) is 5.47. The van der Waals surface area contributed by atoms with E-state index in [0.29, 0.717) is 12.2 Å². The number of rotatable bonds is 3. The van der Waals surface area contributed by atoms with Crippen LogP contribution in [0.4, 0.5) is 5.69 Å². The van der Waals surface area contributed by atoms with Crippen molar-refractivity contribution in [2.24, 2.45) is 5.73 Å². The Kier molecular flexibility index (Phi) is 3.75. The molecule has 0 aliphatic carbocycles. The first-order valence-electron chi connectivity index (χ1n) is 5.78. The summed E-state index contributed by atoms with van der Waals surface area (Å²) in [4.78, 5) is 10.9. The lowest BCUT2D eigenvalue weighted by molar-refractivity contribution is -0.114. The number of carbonyl (C=O) groups is 1. The zero-order valence-electron chi connectivity index (χ0n) is 10.2. The predicted molar refractivity (Wildman–Crippen MR) is 72.9 cm³/mol. The zero-order chi connectivity index (χ0) is 13.0. The highest BCUT2D eigenvalue weighted by atomic mass is 16.1. The topological polar surface area (TPSA) is 55.1 Å².